The minimum atomic E-state index is -0.477. The standard InChI is InChI=1S/C15H23FN2O/c1-4-15(5-2,11-17)14(19)18(3)10-12-6-8-13(16)9-7-12/h6-9H,4-5,10-11,17H2,1-3H3. The Morgan fingerprint density at radius 1 is 1.26 bits per heavy atom. The number of amides is 1. The van der Waals surface area contributed by atoms with Gasteiger partial charge in [-0.2, -0.15) is 0 Å². The average Bonchev–Trinajstić information content (AvgIpc) is 2.43. The summed E-state index contributed by atoms with van der Waals surface area (Å²) in [5.41, 5.74) is 6.22. The highest BCUT2D eigenvalue weighted by molar-refractivity contribution is 5.82. The van der Waals surface area contributed by atoms with Gasteiger partial charge >= 0.3 is 0 Å². The number of carbonyl (C=O) groups is 1. The van der Waals surface area contributed by atoms with Crippen molar-refractivity contribution in [1.29, 1.82) is 0 Å². The molecule has 0 bridgehead atoms. The van der Waals surface area contributed by atoms with Crippen LogP contribution in [0, 0.1) is 11.2 Å². The van der Waals surface area contributed by atoms with Gasteiger partial charge in [-0.1, -0.05) is 26.0 Å². The molecule has 0 heterocycles. The van der Waals surface area contributed by atoms with Gasteiger partial charge in [0.1, 0.15) is 5.82 Å². The number of nitrogens with zero attached hydrogens (tertiary/aromatic N) is 1. The van der Waals surface area contributed by atoms with Gasteiger partial charge in [-0.05, 0) is 30.5 Å². The summed E-state index contributed by atoms with van der Waals surface area (Å²) in [7, 11) is 1.77. The number of rotatable bonds is 6. The lowest BCUT2D eigenvalue weighted by Crippen LogP contribution is -2.45. The molecule has 1 rings (SSSR count). The predicted octanol–water partition coefficient (Wildman–Crippen LogP) is 2.55. The Morgan fingerprint density at radius 2 is 1.79 bits per heavy atom. The first-order valence-electron chi connectivity index (χ1n) is 6.69. The normalized spacial score (nSPS) is 11.4. The Balaban J connectivity index is 2.79. The van der Waals surface area contributed by atoms with E-state index in [2.05, 4.69) is 0 Å². The van der Waals surface area contributed by atoms with Gasteiger partial charge in [-0.3, -0.25) is 4.79 Å². The highest BCUT2D eigenvalue weighted by Gasteiger charge is 2.35. The van der Waals surface area contributed by atoms with Gasteiger partial charge in [0.05, 0.1) is 5.41 Å². The molecule has 0 unspecified atom stereocenters. The Morgan fingerprint density at radius 3 is 2.21 bits per heavy atom. The second kappa shape index (κ2) is 6.66. The van der Waals surface area contributed by atoms with Gasteiger partial charge in [0, 0.05) is 20.1 Å². The molecule has 106 valence electrons. The zero-order valence-corrected chi connectivity index (χ0v) is 11.9. The monoisotopic (exact) mass is 266 g/mol. The summed E-state index contributed by atoms with van der Waals surface area (Å²) in [6.07, 6.45) is 1.46. The van der Waals surface area contributed by atoms with Crippen molar-refractivity contribution >= 4 is 5.91 Å². The van der Waals surface area contributed by atoms with E-state index in [0.717, 1.165) is 18.4 Å². The maximum Gasteiger partial charge on any atom is 0.230 e. The summed E-state index contributed by atoms with van der Waals surface area (Å²) in [6.45, 7) is 4.80. The summed E-state index contributed by atoms with van der Waals surface area (Å²) in [5, 5.41) is 0. The minimum Gasteiger partial charge on any atom is -0.341 e. The zero-order chi connectivity index (χ0) is 14.5. The second-order valence-corrected chi connectivity index (χ2v) is 4.98. The number of nitrogens with two attached hydrogens (primary N) is 1. The van der Waals surface area contributed by atoms with Crippen LogP contribution in [-0.2, 0) is 11.3 Å². The molecule has 2 N–H and O–H groups in total. The Hall–Kier alpha value is -1.42. The van der Waals surface area contributed by atoms with Crippen LogP contribution >= 0.6 is 0 Å². The molecule has 0 fully saturated rings. The molecular formula is C15H23FN2O. The number of hydrogen-bond acceptors (Lipinski definition) is 2. The van der Waals surface area contributed by atoms with Crippen molar-refractivity contribution in [3.05, 3.63) is 35.6 Å². The summed E-state index contributed by atoms with van der Waals surface area (Å²) in [4.78, 5) is 14.2. The highest BCUT2D eigenvalue weighted by Crippen LogP contribution is 2.27. The molecule has 0 aliphatic rings. The molecule has 3 nitrogen and oxygen atoms in total. The lowest BCUT2D eigenvalue weighted by atomic mass is 9.81. The SMILES string of the molecule is CCC(CC)(CN)C(=O)N(C)Cc1ccc(F)cc1. The molecule has 0 aromatic heterocycles. The number of halogens is 1. The first-order chi connectivity index (χ1) is 8.99. The van der Waals surface area contributed by atoms with Gasteiger partial charge in [0.2, 0.25) is 5.91 Å². The van der Waals surface area contributed by atoms with E-state index in [0.29, 0.717) is 13.1 Å². The van der Waals surface area contributed by atoms with E-state index in [-0.39, 0.29) is 11.7 Å². The summed E-state index contributed by atoms with van der Waals surface area (Å²) >= 11 is 0. The second-order valence-electron chi connectivity index (χ2n) is 4.98. The quantitative estimate of drug-likeness (QED) is 0.860. The summed E-state index contributed by atoms with van der Waals surface area (Å²) in [6, 6.07) is 6.20. The first kappa shape index (κ1) is 15.6. The number of carbonyl (C=O) groups excluding carboxylic acids is 1. The molecule has 0 spiro atoms. The lowest BCUT2D eigenvalue weighted by molar-refractivity contribution is -0.141. The van der Waals surface area contributed by atoms with Crippen molar-refractivity contribution in [2.24, 2.45) is 11.1 Å². The topological polar surface area (TPSA) is 46.3 Å². The third-order valence-corrected chi connectivity index (χ3v) is 3.88. The van der Waals surface area contributed by atoms with Crippen molar-refractivity contribution < 1.29 is 9.18 Å². The molecule has 0 saturated carbocycles. The fourth-order valence-corrected chi connectivity index (χ4v) is 2.27. The largest absolute Gasteiger partial charge is 0.341 e. The van der Waals surface area contributed by atoms with Crippen molar-refractivity contribution in [3.8, 4) is 0 Å². The van der Waals surface area contributed by atoms with E-state index < -0.39 is 5.41 Å². The molecular weight excluding hydrogens is 243 g/mol. The van der Waals surface area contributed by atoms with Gasteiger partial charge in [-0.15, -0.1) is 0 Å². The van der Waals surface area contributed by atoms with Crippen LogP contribution < -0.4 is 5.73 Å². The van der Waals surface area contributed by atoms with Crippen molar-refractivity contribution in [2.75, 3.05) is 13.6 Å². The molecule has 0 atom stereocenters. The predicted molar refractivity (Wildman–Crippen MR) is 74.9 cm³/mol. The van der Waals surface area contributed by atoms with Crippen LogP contribution in [-0.4, -0.2) is 24.4 Å². The molecule has 0 aliphatic carbocycles. The van der Waals surface area contributed by atoms with Crippen molar-refractivity contribution in [2.45, 2.75) is 33.2 Å². The van der Waals surface area contributed by atoms with E-state index in [9.17, 15) is 9.18 Å². The highest BCUT2D eigenvalue weighted by atomic mass is 19.1. The van der Waals surface area contributed by atoms with Crippen molar-refractivity contribution in [3.63, 3.8) is 0 Å². The van der Waals surface area contributed by atoms with Gasteiger partial charge in [0.25, 0.3) is 0 Å². The van der Waals surface area contributed by atoms with Crippen LogP contribution in [0.1, 0.15) is 32.3 Å². The third-order valence-electron chi connectivity index (χ3n) is 3.88. The van der Waals surface area contributed by atoms with Crippen molar-refractivity contribution in [1.82, 2.24) is 4.90 Å². The third kappa shape index (κ3) is 3.53. The molecule has 1 amide bonds. The molecule has 4 heteroatoms. The van der Waals surface area contributed by atoms with E-state index in [4.69, 9.17) is 5.73 Å². The Bertz CT molecular complexity index is 404. The van der Waals surface area contributed by atoms with E-state index in [1.807, 2.05) is 13.8 Å². The van der Waals surface area contributed by atoms with Crippen LogP contribution in [0.5, 0.6) is 0 Å². The molecule has 19 heavy (non-hydrogen) atoms. The fourth-order valence-electron chi connectivity index (χ4n) is 2.27. The lowest BCUT2D eigenvalue weighted by Gasteiger charge is -2.33. The Kier molecular flexibility index (Phi) is 5.48. The number of hydrogen-bond donors (Lipinski definition) is 1. The molecule has 1 aromatic carbocycles. The number of benzene rings is 1. The Labute approximate surface area is 114 Å². The average molecular weight is 266 g/mol. The first-order valence-corrected chi connectivity index (χ1v) is 6.69. The fraction of sp³-hybridized carbons (Fsp3) is 0.533. The zero-order valence-electron chi connectivity index (χ0n) is 11.9. The molecule has 0 radical (unpaired) electrons. The van der Waals surface area contributed by atoms with Crippen LogP contribution in [0.4, 0.5) is 4.39 Å². The van der Waals surface area contributed by atoms with E-state index >= 15 is 0 Å². The molecule has 0 saturated heterocycles. The molecule has 0 aliphatic heterocycles. The summed E-state index contributed by atoms with van der Waals surface area (Å²) in [5.74, 6) is -0.208. The molecule has 1 aromatic rings. The van der Waals surface area contributed by atoms with Crippen LogP contribution in [0.3, 0.4) is 0 Å². The van der Waals surface area contributed by atoms with Crippen LogP contribution in [0.15, 0.2) is 24.3 Å². The minimum absolute atomic E-state index is 0.0596. The van der Waals surface area contributed by atoms with Crippen LogP contribution in [0.2, 0.25) is 0 Å². The van der Waals surface area contributed by atoms with Gasteiger partial charge < -0.3 is 10.6 Å². The van der Waals surface area contributed by atoms with Crippen LogP contribution in [0.25, 0.3) is 0 Å². The van der Waals surface area contributed by atoms with E-state index in [1.54, 1.807) is 24.1 Å². The summed E-state index contributed by atoms with van der Waals surface area (Å²) < 4.78 is 12.8. The van der Waals surface area contributed by atoms with Gasteiger partial charge in [-0.25, -0.2) is 4.39 Å². The maximum atomic E-state index is 12.8. The van der Waals surface area contributed by atoms with E-state index in [1.165, 1.54) is 12.1 Å². The van der Waals surface area contributed by atoms with Gasteiger partial charge in [0.15, 0.2) is 0 Å². The maximum absolute atomic E-state index is 12.8. The smallest absolute Gasteiger partial charge is 0.230 e.